The molecular weight excluding hydrogens is 286 g/mol. The number of benzene rings is 1. The van der Waals surface area contributed by atoms with Crippen LogP contribution in [0.2, 0.25) is 0 Å². The molecule has 1 N–H and O–H groups in total. The quantitative estimate of drug-likeness (QED) is 0.889. The highest BCUT2D eigenvalue weighted by Crippen LogP contribution is 2.21. The SMILES string of the molecule is COc1cccc(OCc2csc(C(=O)NC(C)C)c2)c1. The first-order valence-electron chi connectivity index (χ1n) is 6.73. The Morgan fingerprint density at radius 1 is 1.29 bits per heavy atom. The van der Waals surface area contributed by atoms with Gasteiger partial charge in [-0.25, -0.2) is 0 Å². The van der Waals surface area contributed by atoms with Crippen LogP contribution in [-0.2, 0) is 6.61 Å². The number of thiophene rings is 1. The van der Waals surface area contributed by atoms with Crippen LogP contribution in [0, 0.1) is 0 Å². The Morgan fingerprint density at radius 3 is 2.76 bits per heavy atom. The number of carbonyl (C=O) groups is 1. The predicted octanol–water partition coefficient (Wildman–Crippen LogP) is 3.47. The zero-order chi connectivity index (χ0) is 15.2. The van der Waals surface area contributed by atoms with Crippen molar-refractivity contribution in [3.05, 3.63) is 46.2 Å². The van der Waals surface area contributed by atoms with E-state index in [0.29, 0.717) is 11.5 Å². The molecule has 0 radical (unpaired) electrons. The lowest BCUT2D eigenvalue weighted by atomic mass is 10.3. The Labute approximate surface area is 128 Å². The summed E-state index contributed by atoms with van der Waals surface area (Å²) in [6.07, 6.45) is 0. The molecule has 0 aliphatic rings. The Balaban J connectivity index is 1.94. The van der Waals surface area contributed by atoms with Gasteiger partial charge in [0.15, 0.2) is 0 Å². The summed E-state index contributed by atoms with van der Waals surface area (Å²) in [7, 11) is 1.62. The van der Waals surface area contributed by atoms with Crippen LogP contribution < -0.4 is 14.8 Å². The maximum absolute atomic E-state index is 11.9. The molecule has 0 saturated heterocycles. The van der Waals surface area contributed by atoms with Gasteiger partial charge in [-0.1, -0.05) is 6.07 Å². The summed E-state index contributed by atoms with van der Waals surface area (Å²) < 4.78 is 10.9. The smallest absolute Gasteiger partial charge is 0.261 e. The van der Waals surface area contributed by atoms with E-state index >= 15 is 0 Å². The van der Waals surface area contributed by atoms with E-state index in [1.54, 1.807) is 7.11 Å². The fraction of sp³-hybridized carbons (Fsp3) is 0.312. The van der Waals surface area contributed by atoms with Gasteiger partial charge in [0.2, 0.25) is 0 Å². The number of amides is 1. The standard InChI is InChI=1S/C16H19NO3S/c1-11(2)17-16(18)15-7-12(10-21-15)9-20-14-6-4-5-13(8-14)19-3/h4-8,10-11H,9H2,1-3H3,(H,17,18). The first kappa shape index (κ1) is 15.4. The third-order valence-corrected chi connectivity index (χ3v) is 3.72. The van der Waals surface area contributed by atoms with Gasteiger partial charge >= 0.3 is 0 Å². The highest BCUT2D eigenvalue weighted by Gasteiger charge is 2.10. The van der Waals surface area contributed by atoms with Crippen molar-refractivity contribution in [3.8, 4) is 11.5 Å². The highest BCUT2D eigenvalue weighted by atomic mass is 32.1. The molecule has 1 amide bonds. The normalized spacial score (nSPS) is 10.5. The van der Waals surface area contributed by atoms with E-state index in [0.717, 1.165) is 17.1 Å². The van der Waals surface area contributed by atoms with Crippen LogP contribution >= 0.6 is 11.3 Å². The van der Waals surface area contributed by atoms with Gasteiger partial charge in [-0.15, -0.1) is 11.3 Å². The molecule has 21 heavy (non-hydrogen) atoms. The van der Waals surface area contributed by atoms with Crippen molar-refractivity contribution in [1.82, 2.24) is 5.32 Å². The first-order valence-corrected chi connectivity index (χ1v) is 7.61. The summed E-state index contributed by atoms with van der Waals surface area (Å²) >= 11 is 1.43. The molecule has 0 unspecified atom stereocenters. The number of rotatable bonds is 6. The van der Waals surface area contributed by atoms with E-state index < -0.39 is 0 Å². The molecule has 2 rings (SSSR count). The van der Waals surface area contributed by atoms with Crippen molar-refractivity contribution >= 4 is 17.2 Å². The summed E-state index contributed by atoms with van der Waals surface area (Å²) in [6, 6.07) is 9.45. The summed E-state index contributed by atoms with van der Waals surface area (Å²) in [6.45, 7) is 4.31. The third-order valence-electron chi connectivity index (χ3n) is 2.74. The average Bonchev–Trinajstić information content (AvgIpc) is 2.94. The Bertz CT molecular complexity index is 607. The lowest BCUT2D eigenvalue weighted by molar-refractivity contribution is 0.0947. The molecule has 0 atom stereocenters. The maximum atomic E-state index is 11.9. The summed E-state index contributed by atoms with van der Waals surface area (Å²) in [5, 5.41) is 4.82. The fourth-order valence-corrected chi connectivity index (χ4v) is 2.56. The number of carbonyl (C=O) groups excluding carboxylic acids is 1. The van der Waals surface area contributed by atoms with Crippen LogP contribution in [0.1, 0.15) is 29.1 Å². The average molecular weight is 305 g/mol. The monoisotopic (exact) mass is 305 g/mol. The molecular formula is C16H19NO3S. The molecule has 0 saturated carbocycles. The Kier molecular flexibility index (Phi) is 5.22. The van der Waals surface area contributed by atoms with Gasteiger partial charge in [-0.2, -0.15) is 0 Å². The molecule has 4 nitrogen and oxygen atoms in total. The van der Waals surface area contributed by atoms with Gasteiger partial charge in [0.1, 0.15) is 18.1 Å². The van der Waals surface area contributed by atoms with Gasteiger partial charge in [-0.05, 0) is 37.4 Å². The van der Waals surface area contributed by atoms with E-state index in [1.807, 2.05) is 49.6 Å². The van der Waals surface area contributed by atoms with E-state index in [-0.39, 0.29) is 11.9 Å². The van der Waals surface area contributed by atoms with E-state index in [9.17, 15) is 4.79 Å². The third kappa shape index (κ3) is 4.49. The van der Waals surface area contributed by atoms with Crippen molar-refractivity contribution < 1.29 is 14.3 Å². The lowest BCUT2D eigenvalue weighted by Crippen LogP contribution is -2.29. The second kappa shape index (κ2) is 7.13. The predicted molar refractivity (Wildman–Crippen MR) is 84.2 cm³/mol. The molecule has 0 spiro atoms. The van der Waals surface area contributed by atoms with Crippen molar-refractivity contribution in [2.24, 2.45) is 0 Å². The molecule has 112 valence electrons. The zero-order valence-corrected chi connectivity index (χ0v) is 13.2. The van der Waals surface area contributed by atoms with Crippen LogP contribution in [0.15, 0.2) is 35.7 Å². The number of ether oxygens (including phenoxy) is 2. The van der Waals surface area contributed by atoms with Crippen LogP contribution in [-0.4, -0.2) is 19.1 Å². The summed E-state index contributed by atoms with van der Waals surface area (Å²) in [5.41, 5.74) is 0.983. The maximum Gasteiger partial charge on any atom is 0.261 e. The van der Waals surface area contributed by atoms with E-state index in [2.05, 4.69) is 5.32 Å². The molecule has 0 bridgehead atoms. The van der Waals surface area contributed by atoms with Gasteiger partial charge in [0.25, 0.3) is 5.91 Å². The lowest BCUT2D eigenvalue weighted by Gasteiger charge is -2.07. The minimum atomic E-state index is -0.0392. The number of nitrogens with one attached hydrogen (secondary N) is 1. The Hall–Kier alpha value is -2.01. The second-order valence-electron chi connectivity index (χ2n) is 4.92. The molecule has 1 aromatic heterocycles. The minimum absolute atomic E-state index is 0.0392. The minimum Gasteiger partial charge on any atom is -0.497 e. The highest BCUT2D eigenvalue weighted by molar-refractivity contribution is 7.12. The molecule has 5 heteroatoms. The van der Waals surface area contributed by atoms with E-state index in [1.165, 1.54) is 11.3 Å². The van der Waals surface area contributed by atoms with Crippen LogP contribution in [0.4, 0.5) is 0 Å². The molecule has 0 aliphatic carbocycles. The fourth-order valence-electron chi connectivity index (χ4n) is 1.76. The first-order chi connectivity index (χ1) is 10.1. The molecule has 0 fully saturated rings. The van der Waals surface area contributed by atoms with Gasteiger partial charge in [0, 0.05) is 17.7 Å². The number of methoxy groups -OCH3 is 1. The van der Waals surface area contributed by atoms with Crippen LogP contribution in [0.25, 0.3) is 0 Å². The largest absolute Gasteiger partial charge is 0.497 e. The molecule has 2 aromatic rings. The van der Waals surface area contributed by atoms with Crippen LogP contribution in [0.5, 0.6) is 11.5 Å². The zero-order valence-electron chi connectivity index (χ0n) is 12.4. The van der Waals surface area contributed by atoms with Crippen LogP contribution in [0.3, 0.4) is 0 Å². The van der Waals surface area contributed by atoms with Crippen molar-refractivity contribution in [2.75, 3.05) is 7.11 Å². The summed E-state index contributed by atoms with van der Waals surface area (Å²) in [5.74, 6) is 1.46. The van der Waals surface area contributed by atoms with Crippen molar-refractivity contribution in [3.63, 3.8) is 0 Å². The molecule has 1 aromatic carbocycles. The van der Waals surface area contributed by atoms with Gasteiger partial charge in [0.05, 0.1) is 12.0 Å². The second-order valence-corrected chi connectivity index (χ2v) is 5.83. The Morgan fingerprint density at radius 2 is 2.05 bits per heavy atom. The van der Waals surface area contributed by atoms with E-state index in [4.69, 9.17) is 9.47 Å². The number of hydrogen-bond donors (Lipinski definition) is 1. The summed E-state index contributed by atoms with van der Waals surface area (Å²) in [4.78, 5) is 12.6. The van der Waals surface area contributed by atoms with Gasteiger partial charge in [-0.3, -0.25) is 4.79 Å². The van der Waals surface area contributed by atoms with Gasteiger partial charge < -0.3 is 14.8 Å². The van der Waals surface area contributed by atoms with Crippen molar-refractivity contribution in [1.29, 1.82) is 0 Å². The molecule has 0 aliphatic heterocycles. The van der Waals surface area contributed by atoms with Crippen molar-refractivity contribution in [2.45, 2.75) is 26.5 Å². The number of hydrogen-bond acceptors (Lipinski definition) is 4. The molecule has 1 heterocycles. The topological polar surface area (TPSA) is 47.6 Å².